The first-order valence-electron chi connectivity index (χ1n) is 22.5. The number of hydrogen-bond donors (Lipinski definition) is 5. The third-order valence-electron chi connectivity index (χ3n) is 16.5. The average Bonchev–Trinajstić information content (AvgIpc) is 4.19. The second kappa shape index (κ2) is 11.5. The van der Waals surface area contributed by atoms with Crippen molar-refractivity contribution in [2.45, 2.75) is 74.0 Å². The molecule has 8 heterocycles. The largest absolute Gasteiger partial charge is 0.368 e. The number of benzene rings is 6. The second-order valence-corrected chi connectivity index (χ2v) is 19.3. The molecular weight excluding hydrogens is 813 g/mol. The lowest BCUT2D eigenvalue weighted by molar-refractivity contribution is -0.124. The Balaban J connectivity index is 0.000000120. The predicted octanol–water partition coefficient (Wildman–Crippen LogP) is 7.47. The van der Waals surface area contributed by atoms with Crippen molar-refractivity contribution in [2.24, 2.45) is 17.2 Å². The van der Waals surface area contributed by atoms with Crippen molar-refractivity contribution in [1.29, 1.82) is 5.26 Å². The molecule has 4 aliphatic heterocycles. The van der Waals surface area contributed by atoms with Crippen molar-refractivity contribution in [3.05, 3.63) is 119 Å². The summed E-state index contributed by atoms with van der Waals surface area (Å²) in [7, 11) is 0. The Labute approximate surface area is 368 Å². The fraction of sp³-hybridized carbons (Fsp3) is 0.231. The summed E-state index contributed by atoms with van der Waals surface area (Å²) in [4.78, 5) is 39.1. The van der Waals surface area contributed by atoms with Crippen LogP contribution in [0.15, 0.2) is 97.1 Å². The number of nitrogens with two attached hydrogens (primary N) is 3. The Kier molecular flexibility index (Phi) is 6.34. The topological polar surface area (TPSA) is 197 Å². The summed E-state index contributed by atoms with van der Waals surface area (Å²) in [5.74, 6) is -0.484. The monoisotopic (exact) mass is 852 g/mol. The minimum Gasteiger partial charge on any atom is -0.368 e. The number of hydrogen-bond acceptors (Lipinski definition) is 6. The summed E-state index contributed by atoms with van der Waals surface area (Å²) in [6.07, 6.45) is 2.58. The fourth-order valence-corrected chi connectivity index (χ4v) is 14.0. The molecule has 0 unspecified atom stereocenters. The number of amides is 3. The summed E-state index contributed by atoms with van der Waals surface area (Å²) in [6, 6.07) is 35.4. The molecule has 2 aliphatic carbocycles. The molecule has 65 heavy (non-hydrogen) atoms. The van der Waals surface area contributed by atoms with Gasteiger partial charge in [0, 0.05) is 96.8 Å². The zero-order valence-corrected chi connectivity index (χ0v) is 35.0. The van der Waals surface area contributed by atoms with Crippen LogP contribution in [0, 0.1) is 11.3 Å². The molecule has 0 spiro atoms. The van der Waals surface area contributed by atoms with Crippen LogP contribution in [-0.2, 0) is 17.9 Å². The van der Waals surface area contributed by atoms with Gasteiger partial charge in [-0.25, -0.2) is 0 Å². The van der Waals surface area contributed by atoms with Crippen molar-refractivity contribution in [3.8, 4) is 6.07 Å². The van der Waals surface area contributed by atoms with Crippen molar-refractivity contribution in [2.75, 3.05) is 0 Å². The molecule has 13 nitrogen and oxygen atoms in total. The van der Waals surface area contributed by atoms with Crippen LogP contribution in [0.25, 0.3) is 87.2 Å². The standard InChI is InChI=1S/C26H21N5O2.C26H19N5O/c27-25(33)26(28)10-12-9-18(26)31-17-8-4-1-5-13(17)19-15-11-29-24(32)21(15)20-14-6-2-3-7-16(14)30(12)23(20)22(19)31;27-12-26(28)10-13-9-19(26)31-18-8-4-1-5-14(18)20-16-11-29-25(32)22(16)21-15-6-2-3-7-17(15)30(13)24(21)23(20)31/h1-8,12,18H,9-11,28H2,(H2,27,33)(H,29,32);1-8,13,19H,9-11,28H2,(H,29,32)/t12-,18+,26-;13-,19+,26+/m00/s1. The lowest BCUT2D eigenvalue weighted by Crippen LogP contribution is -2.55. The lowest BCUT2D eigenvalue weighted by atomic mass is 9.92. The molecule has 4 bridgehead atoms. The zero-order chi connectivity index (χ0) is 43.6. The van der Waals surface area contributed by atoms with Gasteiger partial charge in [-0.05, 0) is 54.7 Å². The molecule has 2 saturated carbocycles. The van der Waals surface area contributed by atoms with Gasteiger partial charge in [-0.3, -0.25) is 14.4 Å². The van der Waals surface area contributed by atoms with Crippen LogP contribution >= 0.6 is 0 Å². The van der Waals surface area contributed by atoms with Crippen LogP contribution in [0.3, 0.4) is 0 Å². The first-order chi connectivity index (χ1) is 31.6. The SMILES string of the molecule is N#C[C@]1(N)C[C@@H]2C[C@H]1n1c3ccccc3c3c4c(c5c6ccccc6n2c5c31)C(=O)NC4.NC(=O)[C@]1(N)C[C@@H]2C[C@H]1n1c3ccccc3c3c4c(c5c6ccccc6n2c5c31)C(=O)NC4. The number of aromatic nitrogens is 4. The Morgan fingerprint density at radius 2 is 0.954 bits per heavy atom. The first kappa shape index (κ1) is 35.8. The maximum atomic E-state index is 13.2. The third-order valence-corrected chi connectivity index (χ3v) is 16.5. The van der Waals surface area contributed by atoms with Gasteiger partial charge >= 0.3 is 0 Å². The molecule has 0 saturated heterocycles. The Morgan fingerprint density at radius 1 is 0.569 bits per heavy atom. The molecule has 316 valence electrons. The summed E-state index contributed by atoms with van der Waals surface area (Å²) in [5, 5.41) is 24.9. The highest BCUT2D eigenvalue weighted by atomic mass is 16.2. The van der Waals surface area contributed by atoms with E-state index in [1.165, 1.54) is 0 Å². The molecule has 10 aromatic rings. The van der Waals surface area contributed by atoms with E-state index in [0.29, 0.717) is 32.4 Å². The molecule has 8 N–H and O–H groups in total. The summed E-state index contributed by atoms with van der Waals surface area (Å²) in [5.41, 5.74) is 29.8. The number of rotatable bonds is 1. The number of para-hydroxylation sites is 4. The molecule has 2 fully saturated rings. The minimum absolute atomic E-state index is 0.00115. The number of carbonyl (C=O) groups excluding carboxylic acids is 3. The number of fused-ring (bicyclic) bond motifs is 26. The van der Waals surface area contributed by atoms with Gasteiger partial charge in [0.1, 0.15) is 11.1 Å². The van der Waals surface area contributed by atoms with E-state index in [9.17, 15) is 19.6 Å². The quantitative estimate of drug-likeness (QED) is 0.114. The normalized spacial score (nSPS) is 25.6. The van der Waals surface area contributed by atoms with Gasteiger partial charge in [-0.2, -0.15) is 5.26 Å². The second-order valence-electron chi connectivity index (χ2n) is 19.3. The van der Waals surface area contributed by atoms with E-state index in [0.717, 1.165) is 116 Å². The molecule has 13 heteroatoms. The van der Waals surface area contributed by atoms with Gasteiger partial charge in [0.05, 0.1) is 51.3 Å². The third kappa shape index (κ3) is 3.95. The summed E-state index contributed by atoms with van der Waals surface area (Å²) >= 11 is 0. The van der Waals surface area contributed by atoms with Crippen LogP contribution in [0.1, 0.15) is 81.7 Å². The van der Waals surface area contributed by atoms with E-state index >= 15 is 0 Å². The van der Waals surface area contributed by atoms with Crippen LogP contribution < -0.4 is 27.8 Å². The van der Waals surface area contributed by atoms with E-state index in [1.54, 1.807) is 0 Å². The zero-order valence-electron chi connectivity index (χ0n) is 35.0. The van der Waals surface area contributed by atoms with E-state index in [1.807, 2.05) is 42.5 Å². The van der Waals surface area contributed by atoms with Gasteiger partial charge in [0.15, 0.2) is 0 Å². The molecule has 16 rings (SSSR count). The maximum absolute atomic E-state index is 13.2. The summed E-state index contributed by atoms with van der Waals surface area (Å²) < 4.78 is 9.33. The van der Waals surface area contributed by atoms with Gasteiger partial charge in [-0.1, -0.05) is 72.8 Å². The van der Waals surface area contributed by atoms with Gasteiger partial charge in [0.2, 0.25) is 5.91 Å². The molecule has 6 aromatic carbocycles. The predicted molar refractivity (Wildman–Crippen MR) is 250 cm³/mol. The number of carbonyl (C=O) groups is 3. The molecule has 6 atom stereocenters. The Hall–Kier alpha value is -7.66. The fourth-order valence-electron chi connectivity index (χ4n) is 14.0. The van der Waals surface area contributed by atoms with Crippen molar-refractivity contribution >= 4 is 105 Å². The highest BCUT2D eigenvalue weighted by Crippen LogP contribution is 2.58. The minimum atomic E-state index is -1.15. The van der Waals surface area contributed by atoms with Crippen molar-refractivity contribution in [3.63, 3.8) is 0 Å². The smallest absolute Gasteiger partial charge is 0.252 e. The van der Waals surface area contributed by atoms with Crippen molar-refractivity contribution < 1.29 is 14.4 Å². The van der Waals surface area contributed by atoms with E-state index < -0.39 is 17.0 Å². The molecule has 4 aromatic heterocycles. The average molecular weight is 853 g/mol. The molecule has 0 radical (unpaired) electrons. The highest BCUT2D eigenvalue weighted by Gasteiger charge is 2.54. The first-order valence-corrected chi connectivity index (χ1v) is 22.5. The Morgan fingerprint density at radius 3 is 1.42 bits per heavy atom. The van der Waals surface area contributed by atoms with E-state index in [-0.39, 0.29) is 36.0 Å². The number of nitrogens with zero attached hydrogens (tertiary/aromatic N) is 5. The number of primary amides is 1. The molecular formula is C52H40N10O3. The van der Waals surface area contributed by atoms with Crippen LogP contribution in [-0.4, -0.2) is 47.1 Å². The van der Waals surface area contributed by atoms with Gasteiger partial charge < -0.3 is 46.1 Å². The van der Waals surface area contributed by atoms with Gasteiger partial charge in [0.25, 0.3) is 11.8 Å². The summed E-state index contributed by atoms with van der Waals surface area (Å²) in [6.45, 7) is 1.01. The molecule has 3 amide bonds. The van der Waals surface area contributed by atoms with Gasteiger partial charge in [-0.15, -0.1) is 0 Å². The maximum Gasteiger partial charge on any atom is 0.252 e. The lowest BCUT2D eigenvalue weighted by Gasteiger charge is -2.31. The van der Waals surface area contributed by atoms with Crippen LogP contribution in [0.4, 0.5) is 0 Å². The van der Waals surface area contributed by atoms with E-state index in [4.69, 9.17) is 17.2 Å². The number of nitriles is 1. The highest BCUT2D eigenvalue weighted by molar-refractivity contribution is 6.32. The van der Waals surface area contributed by atoms with Crippen LogP contribution in [0.2, 0.25) is 0 Å². The Bertz CT molecular complexity index is 4030. The van der Waals surface area contributed by atoms with Crippen molar-refractivity contribution in [1.82, 2.24) is 28.9 Å². The molecule has 6 aliphatic rings. The van der Waals surface area contributed by atoms with E-state index in [2.05, 4.69) is 89.6 Å². The number of nitrogens with one attached hydrogen (secondary N) is 2. The van der Waals surface area contributed by atoms with Crippen LogP contribution in [0.5, 0.6) is 0 Å².